The van der Waals surface area contributed by atoms with Gasteiger partial charge in [-0.05, 0) is 12.8 Å². The van der Waals surface area contributed by atoms with Crippen LogP contribution in [0.25, 0.3) is 0 Å². The fourth-order valence-electron chi connectivity index (χ4n) is 1.93. The van der Waals surface area contributed by atoms with Gasteiger partial charge in [-0.15, -0.1) is 0 Å². The first-order chi connectivity index (χ1) is 7.25. The Labute approximate surface area is 88.8 Å². The molecule has 84 valence electrons. The molecular formula is C11H17NO3. The predicted molar refractivity (Wildman–Crippen MR) is 56.1 cm³/mol. The molecule has 0 spiro atoms. The van der Waals surface area contributed by atoms with Crippen molar-refractivity contribution < 1.29 is 15.3 Å². The van der Waals surface area contributed by atoms with Crippen LogP contribution in [0.3, 0.4) is 0 Å². The van der Waals surface area contributed by atoms with Gasteiger partial charge < -0.3 is 15.3 Å². The van der Waals surface area contributed by atoms with Gasteiger partial charge in [0, 0.05) is 30.7 Å². The molecule has 0 unspecified atom stereocenters. The van der Waals surface area contributed by atoms with E-state index >= 15 is 0 Å². The number of aliphatic hydroxyl groups excluding tert-OH is 1. The summed E-state index contributed by atoms with van der Waals surface area (Å²) in [4.78, 5) is 0. The first-order valence-electron chi connectivity index (χ1n) is 5.48. The molecule has 4 heteroatoms. The average Bonchev–Trinajstić information content (AvgIpc) is 2.97. The van der Waals surface area contributed by atoms with E-state index in [0.29, 0.717) is 6.54 Å². The van der Waals surface area contributed by atoms with Gasteiger partial charge in [0.2, 0.25) is 0 Å². The normalized spacial score (nSPS) is 12.9. The fourth-order valence-corrected chi connectivity index (χ4v) is 1.93. The number of unbranched alkanes of at least 4 members (excludes halogenated alkanes) is 3. The third kappa shape index (κ3) is 1.95. The molecule has 4 nitrogen and oxygen atoms in total. The van der Waals surface area contributed by atoms with Crippen LogP contribution >= 0.6 is 0 Å². The first kappa shape index (κ1) is 10.4. The van der Waals surface area contributed by atoms with Gasteiger partial charge >= 0.3 is 0 Å². The van der Waals surface area contributed by atoms with Gasteiger partial charge in [-0.3, -0.25) is 4.57 Å². The quantitative estimate of drug-likeness (QED) is 0.632. The van der Waals surface area contributed by atoms with Gasteiger partial charge in [0.25, 0.3) is 0 Å². The molecule has 1 aliphatic carbocycles. The minimum atomic E-state index is 0.240. The van der Waals surface area contributed by atoms with E-state index in [-0.39, 0.29) is 18.4 Å². The van der Waals surface area contributed by atoms with Gasteiger partial charge in [-0.2, -0.15) is 0 Å². The predicted octanol–water partition coefficient (Wildman–Crippen LogP) is 1.36. The average molecular weight is 211 g/mol. The molecule has 0 radical (unpaired) electrons. The van der Waals surface area contributed by atoms with Crippen LogP contribution in [0.2, 0.25) is 0 Å². The molecule has 0 amide bonds. The lowest BCUT2D eigenvalue weighted by Crippen LogP contribution is -1.98. The number of aliphatic hydroxyl groups is 1. The SMILES string of the molecule is OCCCCCCn1c(O)c2c(c1O)C2. The van der Waals surface area contributed by atoms with Crippen molar-refractivity contribution in [3.63, 3.8) is 0 Å². The van der Waals surface area contributed by atoms with Crippen molar-refractivity contribution in [2.45, 2.75) is 38.6 Å². The largest absolute Gasteiger partial charge is 0.494 e. The Hall–Kier alpha value is -1.16. The van der Waals surface area contributed by atoms with Gasteiger partial charge in [0.1, 0.15) is 0 Å². The highest BCUT2D eigenvalue weighted by Crippen LogP contribution is 2.46. The minimum absolute atomic E-state index is 0.240. The van der Waals surface area contributed by atoms with Crippen LogP contribution in [0.5, 0.6) is 11.8 Å². The Morgan fingerprint density at radius 3 is 2.13 bits per heavy atom. The third-order valence-electron chi connectivity index (χ3n) is 2.93. The molecule has 0 fully saturated rings. The summed E-state index contributed by atoms with van der Waals surface area (Å²) >= 11 is 0. The monoisotopic (exact) mass is 211 g/mol. The van der Waals surface area contributed by atoms with E-state index in [1.165, 1.54) is 0 Å². The highest BCUT2D eigenvalue weighted by molar-refractivity contribution is 5.59. The maximum atomic E-state index is 9.64. The molecule has 0 aliphatic heterocycles. The summed E-state index contributed by atoms with van der Waals surface area (Å²) in [5.41, 5.74) is 1.81. The van der Waals surface area contributed by atoms with Gasteiger partial charge in [-0.1, -0.05) is 12.8 Å². The van der Waals surface area contributed by atoms with E-state index in [4.69, 9.17) is 5.11 Å². The van der Waals surface area contributed by atoms with E-state index in [1.807, 2.05) is 0 Å². The Morgan fingerprint density at radius 1 is 0.933 bits per heavy atom. The van der Waals surface area contributed by atoms with Gasteiger partial charge in [0.05, 0.1) is 0 Å². The lowest BCUT2D eigenvalue weighted by atomic mass is 10.2. The standard InChI is InChI=1S/C11H17NO3/c13-6-4-2-1-3-5-12-10(14)8-7-9(8)11(12)15/h13-15H,1-7H2. The zero-order valence-corrected chi connectivity index (χ0v) is 8.74. The second kappa shape index (κ2) is 4.14. The maximum absolute atomic E-state index is 9.64. The van der Waals surface area contributed by atoms with Crippen LogP contribution in [0, 0.1) is 0 Å². The van der Waals surface area contributed by atoms with E-state index in [9.17, 15) is 10.2 Å². The molecule has 0 saturated carbocycles. The molecule has 2 rings (SSSR count). The zero-order valence-electron chi connectivity index (χ0n) is 8.74. The lowest BCUT2D eigenvalue weighted by molar-refractivity contribution is 0.281. The first-order valence-corrected chi connectivity index (χ1v) is 5.48. The number of rotatable bonds is 6. The van der Waals surface area contributed by atoms with E-state index < -0.39 is 0 Å². The summed E-state index contributed by atoms with van der Waals surface area (Å²) in [5, 5.41) is 27.9. The molecule has 1 heterocycles. The van der Waals surface area contributed by atoms with Gasteiger partial charge in [-0.25, -0.2) is 0 Å². The Balaban J connectivity index is 1.79. The fraction of sp³-hybridized carbons (Fsp3) is 0.636. The molecule has 0 bridgehead atoms. The second-order valence-electron chi connectivity index (χ2n) is 4.07. The number of hydrogen-bond donors (Lipinski definition) is 3. The Bertz CT molecular complexity index is 332. The van der Waals surface area contributed by atoms with E-state index in [1.54, 1.807) is 4.57 Å². The highest BCUT2D eigenvalue weighted by atomic mass is 16.3. The molecule has 0 saturated heterocycles. The van der Waals surface area contributed by atoms with Crippen LogP contribution in [-0.4, -0.2) is 26.5 Å². The Kier molecular flexibility index (Phi) is 2.86. The lowest BCUT2D eigenvalue weighted by Gasteiger charge is -2.07. The number of nitrogens with zero attached hydrogens (tertiary/aromatic N) is 1. The van der Waals surface area contributed by atoms with Gasteiger partial charge in [0.15, 0.2) is 11.8 Å². The summed E-state index contributed by atoms with van der Waals surface area (Å²) in [6, 6.07) is 0. The minimum Gasteiger partial charge on any atom is -0.494 e. The second-order valence-corrected chi connectivity index (χ2v) is 4.07. The molecule has 0 aromatic carbocycles. The zero-order chi connectivity index (χ0) is 10.8. The van der Waals surface area contributed by atoms with E-state index in [0.717, 1.165) is 43.2 Å². The molecule has 0 atom stereocenters. The molecular weight excluding hydrogens is 194 g/mol. The van der Waals surface area contributed by atoms with Crippen molar-refractivity contribution in [2.24, 2.45) is 0 Å². The molecule has 1 aromatic rings. The van der Waals surface area contributed by atoms with Crippen molar-refractivity contribution in [3.05, 3.63) is 11.1 Å². The van der Waals surface area contributed by atoms with Crippen molar-refractivity contribution in [1.29, 1.82) is 0 Å². The van der Waals surface area contributed by atoms with Crippen LogP contribution in [-0.2, 0) is 13.0 Å². The molecule has 1 aromatic heterocycles. The van der Waals surface area contributed by atoms with Crippen molar-refractivity contribution >= 4 is 0 Å². The van der Waals surface area contributed by atoms with Crippen LogP contribution < -0.4 is 0 Å². The Morgan fingerprint density at radius 2 is 1.53 bits per heavy atom. The topological polar surface area (TPSA) is 65.6 Å². The van der Waals surface area contributed by atoms with Crippen molar-refractivity contribution in [1.82, 2.24) is 4.57 Å². The smallest absolute Gasteiger partial charge is 0.197 e. The summed E-state index contributed by atoms with van der Waals surface area (Å²) in [5.74, 6) is 0.481. The summed E-state index contributed by atoms with van der Waals surface area (Å²) in [6.07, 6.45) is 4.52. The summed E-state index contributed by atoms with van der Waals surface area (Å²) < 4.78 is 1.58. The number of hydrogen-bond acceptors (Lipinski definition) is 3. The summed E-state index contributed by atoms with van der Waals surface area (Å²) in [6.45, 7) is 0.907. The van der Waals surface area contributed by atoms with Crippen LogP contribution in [0.15, 0.2) is 0 Å². The van der Waals surface area contributed by atoms with Crippen molar-refractivity contribution in [3.8, 4) is 11.8 Å². The maximum Gasteiger partial charge on any atom is 0.197 e. The van der Waals surface area contributed by atoms with Crippen LogP contribution in [0.1, 0.15) is 36.8 Å². The number of aromatic hydroxyl groups is 2. The molecule has 1 aliphatic rings. The third-order valence-corrected chi connectivity index (χ3v) is 2.93. The highest BCUT2D eigenvalue weighted by Gasteiger charge is 2.32. The number of aromatic nitrogens is 1. The molecule has 3 N–H and O–H groups in total. The molecule has 15 heavy (non-hydrogen) atoms. The number of fused-ring (bicyclic) bond motifs is 1. The summed E-state index contributed by atoms with van der Waals surface area (Å²) in [7, 11) is 0. The van der Waals surface area contributed by atoms with Crippen molar-refractivity contribution in [2.75, 3.05) is 6.61 Å². The van der Waals surface area contributed by atoms with Crippen LogP contribution in [0.4, 0.5) is 0 Å². The van der Waals surface area contributed by atoms with E-state index in [2.05, 4.69) is 0 Å².